The molecule has 1 saturated heterocycles. The van der Waals surface area contributed by atoms with Crippen LogP contribution in [0.4, 0.5) is 0 Å². The van der Waals surface area contributed by atoms with E-state index in [1.54, 1.807) is 12.1 Å². The van der Waals surface area contributed by atoms with Crippen molar-refractivity contribution in [1.82, 2.24) is 9.88 Å². The van der Waals surface area contributed by atoms with Gasteiger partial charge in [-0.05, 0) is 35.8 Å². The average Bonchev–Trinajstić information content (AvgIpc) is 2.98. The topological polar surface area (TPSA) is 75.4 Å². The van der Waals surface area contributed by atoms with Crippen molar-refractivity contribution in [3.8, 4) is 11.8 Å². The molecule has 1 aromatic heterocycles. The lowest BCUT2D eigenvalue weighted by atomic mass is 9.89. The van der Waals surface area contributed by atoms with Crippen LogP contribution in [0.1, 0.15) is 51.9 Å². The smallest absolute Gasteiger partial charge is 0.264 e. The highest BCUT2D eigenvalue weighted by molar-refractivity contribution is 6.74. The normalized spacial score (nSPS) is 19.3. The minimum Gasteiger partial charge on any atom is -0.478 e. The van der Waals surface area contributed by atoms with Gasteiger partial charge in [0.15, 0.2) is 14.4 Å². The zero-order valence-electron chi connectivity index (χ0n) is 20.8. The van der Waals surface area contributed by atoms with Gasteiger partial charge in [0, 0.05) is 12.0 Å². The van der Waals surface area contributed by atoms with Crippen molar-refractivity contribution >= 4 is 14.2 Å². The number of aromatic nitrogens is 1. The van der Waals surface area contributed by atoms with Gasteiger partial charge in [-0.1, -0.05) is 65.0 Å². The van der Waals surface area contributed by atoms with Crippen LogP contribution in [0, 0.1) is 16.7 Å². The Morgan fingerprint density at radius 3 is 2.42 bits per heavy atom. The first-order valence-corrected chi connectivity index (χ1v) is 14.3. The van der Waals surface area contributed by atoms with Crippen LogP contribution >= 0.6 is 0 Å². The van der Waals surface area contributed by atoms with Crippen LogP contribution in [0.25, 0.3) is 0 Å². The summed E-state index contributed by atoms with van der Waals surface area (Å²) in [5.74, 6) is 0.424. The molecule has 1 amide bonds. The number of amides is 1. The maximum absolute atomic E-state index is 13.7. The lowest BCUT2D eigenvalue weighted by Crippen LogP contribution is -2.44. The molecule has 1 aliphatic heterocycles. The van der Waals surface area contributed by atoms with Gasteiger partial charge in [-0.2, -0.15) is 5.26 Å². The largest absolute Gasteiger partial charge is 0.478 e. The summed E-state index contributed by atoms with van der Waals surface area (Å²) in [6, 6.07) is 15.2. The minimum atomic E-state index is -2.00. The number of ether oxygens (including phenoxy) is 1. The molecule has 1 aliphatic rings. The van der Waals surface area contributed by atoms with E-state index in [-0.39, 0.29) is 17.0 Å². The van der Waals surface area contributed by atoms with Gasteiger partial charge in [0.05, 0.1) is 18.8 Å². The molecule has 6 nitrogen and oxygen atoms in total. The molecule has 0 aliphatic carbocycles. The molecule has 176 valence electrons. The van der Waals surface area contributed by atoms with E-state index in [1.165, 1.54) is 6.20 Å². The van der Waals surface area contributed by atoms with E-state index in [1.807, 2.05) is 43.0 Å². The molecule has 2 aromatic rings. The first-order valence-electron chi connectivity index (χ1n) is 11.4. The summed E-state index contributed by atoms with van der Waals surface area (Å²) in [6.07, 6.45) is 0.853. The Hall–Kier alpha value is -2.69. The van der Waals surface area contributed by atoms with Crippen molar-refractivity contribution in [3.05, 3.63) is 59.9 Å². The van der Waals surface area contributed by atoms with Crippen LogP contribution in [0.3, 0.4) is 0 Å². The maximum atomic E-state index is 13.7. The van der Waals surface area contributed by atoms with E-state index < -0.39 is 19.8 Å². The zero-order chi connectivity index (χ0) is 24.4. The number of rotatable bonds is 7. The Labute approximate surface area is 198 Å². The first-order chi connectivity index (χ1) is 15.4. The Balaban J connectivity index is 1.87. The number of likely N-dealkylation sites (tertiary alicyclic amines) is 1. The van der Waals surface area contributed by atoms with E-state index in [0.717, 1.165) is 5.56 Å². The molecule has 0 spiro atoms. The lowest BCUT2D eigenvalue weighted by molar-refractivity contribution is -0.137. The molecule has 1 aromatic carbocycles. The standard InChI is InChI=1S/C26H35N3O3Si/c1-25(2,3)33(6,7)31-17-22(19-11-9-8-10-12-19)29-18-26(4,5)23(24(29)30)32-21-14-13-20(15-27)28-16-21/h8-14,16,22-23H,17-18H2,1-7H3/t22-,23-/m0/s1. The molecule has 0 saturated carbocycles. The molecule has 0 unspecified atom stereocenters. The third-order valence-corrected chi connectivity index (χ3v) is 11.4. The van der Waals surface area contributed by atoms with Crippen molar-refractivity contribution < 1.29 is 14.0 Å². The molecular formula is C26H35N3O3Si. The minimum absolute atomic E-state index is 0.0583. The molecular weight excluding hydrogens is 430 g/mol. The number of benzene rings is 1. The Kier molecular flexibility index (Phi) is 7.01. The number of nitrogens with zero attached hydrogens (tertiary/aromatic N) is 3. The molecule has 2 atom stereocenters. The van der Waals surface area contributed by atoms with Gasteiger partial charge in [-0.15, -0.1) is 0 Å². The predicted octanol–water partition coefficient (Wildman–Crippen LogP) is 5.33. The molecule has 0 bridgehead atoms. The van der Waals surface area contributed by atoms with Gasteiger partial charge in [0.25, 0.3) is 5.91 Å². The lowest BCUT2D eigenvalue weighted by Gasteiger charge is -2.39. The monoisotopic (exact) mass is 465 g/mol. The summed E-state index contributed by atoms with van der Waals surface area (Å²) in [5, 5.41) is 9.06. The third kappa shape index (κ3) is 5.45. The number of hydrogen-bond acceptors (Lipinski definition) is 5. The molecule has 7 heteroatoms. The van der Waals surface area contributed by atoms with Gasteiger partial charge < -0.3 is 14.1 Å². The molecule has 33 heavy (non-hydrogen) atoms. The number of hydrogen-bond donors (Lipinski definition) is 0. The quantitative estimate of drug-likeness (QED) is 0.517. The summed E-state index contributed by atoms with van der Waals surface area (Å²) >= 11 is 0. The van der Waals surface area contributed by atoms with Crippen molar-refractivity contribution in [1.29, 1.82) is 5.26 Å². The number of nitriles is 1. The van der Waals surface area contributed by atoms with Crippen molar-refractivity contribution in [2.24, 2.45) is 5.41 Å². The van der Waals surface area contributed by atoms with Crippen LogP contribution in [0.15, 0.2) is 48.7 Å². The highest BCUT2D eigenvalue weighted by atomic mass is 28.4. The fourth-order valence-electron chi connectivity index (χ4n) is 3.76. The van der Waals surface area contributed by atoms with Gasteiger partial charge in [0.2, 0.25) is 0 Å². The molecule has 0 radical (unpaired) electrons. The summed E-state index contributed by atoms with van der Waals surface area (Å²) in [4.78, 5) is 19.6. The summed E-state index contributed by atoms with van der Waals surface area (Å²) < 4.78 is 12.7. The van der Waals surface area contributed by atoms with Crippen LogP contribution in [-0.4, -0.2) is 43.4 Å². The van der Waals surface area contributed by atoms with Crippen LogP contribution in [0.2, 0.25) is 18.1 Å². The predicted molar refractivity (Wildman–Crippen MR) is 131 cm³/mol. The van der Waals surface area contributed by atoms with Crippen LogP contribution in [0.5, 0.6) is 5.75 Å². The van der Waals surface area contributed by atoms with Gasteiger partial charge in [0.1, 0.15) is 17.5 Å². The van der Waals surface area contributed by atoms with E-state index in [4.69, 9.17) is 14.4 Å². The van der Waals surface area contributed by atoms with Crippen molar-refractivity contribution in [2.75, 3.05) is 13.2 Å². The Bertz CT molecular complexity index is 1010. The van der Waals surface area contributed by atoms with Crippen LogP contribution in [-0.2, 0) is 9.22 Å². The molecule has 1 fully saturated rings. The van der Waals surface area contributed by atoms with Crippen molar-refractivity contribution in [2.45, 2.75) is 64.9 Å². The Morgan fingerprint density at radius 2 is 1.88 bits per heavy atom. The first kappa shape index (κ1) is 24.9. The fourth-order valence-corrected chi connectivity index (χ4v) is 4.76. The Morgan fingerprint density at radius 1 is 1.21 bits per heavy atom. The van der Waals surface area contributed by atoms with E-state index in [9.17, 15) is 4.79 Å². The van der Waals surface area contributed by atoms with Gasteiger partial charge in [-0.3, -0.25) is 4.79 Å². The second kappa shape index (κ2) is 9.28. The molecule has 2 heterocycles. The summed E-state index contributed by atoms with van der Waals surface area (Å²) in [7, 11) is -2.00. The van der Waals surface area contributed by atoms with E-state index in [2.05, 4.69) is 51.0 Å². The SMILES string of the molecule is CC1(C)CN([C@@H](CO[Si](C)(C)C(C)(C)C)c2ccccc2)C(=O)[C@@H]1Oc1ccc(C#N)nc1. The average molecular weight is 466 g/mol. The molecule has 0 N–H and O–H groups in total. The number of carbonyl (C=O) groups excluding carboxylic acids is 1. The fraction of sp³-hybridized carbons (Fsp3) is 0.500. The highest BCUT2D eigenvalue weighted by Gasteiger charge is 2.51. The number of carbonyl (C=O) groups is 1. The van der Waals surface area contributed by atoms with E-state index in [0.29, 0.717) is 24.6 Å². The second-order valence-electron chi connectivity index (χ2n) is 10.9. The number of pyridine rings is 1. The van der Waals surface area contributed by atoms with Gasteiger partial charge >= 0.3 is 0 Å². The van der Waals surface area contributed by atoms with Crippen molar-refractivity contribution in [3.63, 3.8) is 0 Å². The second-order valence-corrected chi connectivity index (χ2v) is 15.8. The van der Waals surface area contributed by atoms with Crippen LogP contribution < -0.4 is 4.74 Å². The summed E-state index contributed by atoms with van der Waals surface area (Å²) in [6.45, 7) is 16.2. The third-order valence-electron chi connectivity index (χ3n) is 6.87. The van der Waals surface area contributed by atoms with E-state index >= 15 is 0 Å². The van der Waals surface area contributed by atoms with Gasteiger partial charge in [-0.25, -0.2) is 4.98 Å². The zero-order valence-corrected chi connectivity index (χ0v) is 21.8. The molecule has 3 rings (SSSR count). The summed E-state index contributed by atoms with van der Waals surface area (Å²) in [5.41, 5.74) is 0.962. The highest BCUT2D eigenvalue weighted by Crippen LogP contribution is 2.41. The maximum Gasteiger partial charge on any atom is 0.264 e.